The highest BCUT2D eigenvalue weighted by molar-refractivity contribution is 5.41. The molecule has 1 aromatic carbocycles. The molecule has 1 aromatic rings. The molecule has 1 aliphatic rings. The van der Waals surface area contributed by atoms with Gasteiger partial charge in [0.05, 0.1) is 13.7 Å². The third-order valence-corrected chi connectivity index (χ3v) is 2.58. The molecule has 2 rings (SSSR count). The molecule has 0 spiro atoms. The Morgan fingerprint density at radius 2 is 2.43 bits per heavy atom. The molecule has 1 heterocycles. The van der Waals surface area contributed by atoms with Gasteiger partial charge in [-0.05, 0) is 36.7 Å². The van der Waals surface area contributed by atoms with E-state index < -0.39 is 0 Å². The molecule has 0 bridgehead atoms. The minimum absolute atomic E-state index is 0.439. The quantitative estimate of drug-likeness (QED) is 0.767. The van der Waals surface area contributed by atoms with Crippen LogP contribution in [0.5, 0.6) is 11.5 Å². The van der Waals surface area contributed by atoms with E-state index in [0.717, 1.165) is 24.5 Å². The fraction of sp³-hybridized carbons (Fsp3) is 0.455. The van der Waals surface area contributed by atoms with E-state index in [1.54, 1.807) is 7.11 Å². The summed E-state index contributed by atoms with van der Waals surface area (Å²) in [5.74, 6) is 2.29. The zero-order valence-electron chi connectivity index (χ0n) is 8.32. The summed E-state index contributed by atoms with van der Waals surface area (Å²) in [6, 6.07) is 5.90. The molecule has 0 amide bonds. The van der Waals surface area contributed by atoms with Crippen molar-refractivity contribution in [1.82, 2.24) is 0 Å². The lowest BCUT2D eigenvalue weighted by Gasteiger charge is -2.24. The minimum Gasteiger partial charge on any atom is -0.497 e. The predicted molar refractivity (Wildman–Crippen MR) is 54.7 cm³/mol. The standard InChI is InChI=1S/C11H15NO2/c1-13-10-2-3-11-9(5-10)4-8(6-12)7-14-11/h2-3,5,8H,4,6-7,12H2,1H3/t8-/m1/s1. The van der Waals surface area contributed by atoms with E-state index in [0.29, 0.717) is 12.5 Å². The third-order valence-electron chi connectivity index (χ3n) is 2.58. The van der Waals surface area contributed by atoms with Crippen molar-refractivity contribution in [2.24, 2.45) is 11.7 Å². The summed E-state index contributed by atoms with van der Waals surface area (Å²) in [4.78, 5) is 0. The smallest absolute Gasteiger partial charge is 0.122 e. The van der Waals surface area contributed by atoms with Crippen LogP contribution in [-0.2, 0) is 6.42 Å². The first-order valence-corrected chi connectivity index (χ1v) is 4.83. The number of hydrogen-bond acceptors (Lipinski definition) is 3. The Morgan fingerprint density at radius 1 is 1.57 bits per heavy atom. The Morgan fingerprint density at radius 3 is 3.14 bits per heavy atom. The molecule has 0 unspecified atom stereocenters. The summed E-state index contributed by atoms with van der Waals surface area (Å²) in [5.41, 5.74) is 6.82. The van der Waals surface area contributed by atoms with Crippen LogP contribution in [0.1, 0.15) is 5.56 Å². The van der Waals surface area contributed by atoms with E-state index in [1.807, 2.05) is 18.2 Å². The lowest BCUT2D eigenvalue weighted by molar-refractivity contribution is 0.226. The number of fused-ring (bicyclic) bond motifs is 1. The van der Waals surface area contributed by atoms with Gasteiger partial charge in [-0.25, -0.2) is 0 Å². The molecule has 3 heteroatoms. The van der Waals surface area contributed by atoms with Crippen molar-refractivity contribution in [3.05, 3.63) is 23.8 Å². The SMILES string of the molecule is COc1ccc2c(c1)C[C@H](CN)CO2. The molecule has 0 aromatic heterocycles. The van der Waals surface area contributed by atoms with E-state index in [4.69, 9.17) is 15.2 Å². The van der Waals surface area contributed by atoms with E-state index in [2.05, 4.69) is 0 Å². The van der Waals surface area contributed by atoms with Crippen LogP contribution in [0.2, 0.25) is 0 Å². The van der Waals surface area contributed by atoms with Gasteiger partial charge < -0.3 is 15.2 Å². The monoisotopic (exact) mass is 193 g/mol. The first-order chi connectivity index (χ1) is 6.83. The van der Waals surface area contributed by atoms with Crippen LogP contribution in [0.4, 0.5) is 0 Å². The molecule has 14 heavy (non-hydrogen) atoms. The molecule has 2 N–H and O–H groups in total. The van der Waals surface area contributed by atoms with Crippen LogP contribution in [0.15, 0.2) is 18.2 Å². The lowest BCUT2D eigenvalue weighted by Crippen LogP contribution is -2.27. The number of rotatable bonds is 2. The Kier molecular flexibility index (Phi) is 2.59. The summed E-state index contributed by atoms with van der Waals surface area (Å²) < 4.78 is 10.8. The van der Waals surface area contributed by atoms with E-state index in [9.17, 15) is 0 Å². The maximum atomic E-state index is 5.62. The zero-order valence-corrected chi connectivity index (χ0v) is 8.32. The number of ether oxygens (including phenoxy) is 2. The maximum Gasteiger partial charge on any atom is 0.122 e. The fourth-order valence-corrected chi connectivity index (χ4v) is 1.71. The van der Waals surface area contributed by atoms with E-state index in [-0.39, 0.29) is 0 Å². The predicted octanol–water partition coefficient (Wildman–Crippen LogP) is 1.20. The number of methoxy groups -OCH3 is 1. The summed E-state index contributed by atoms with van der Waals surface area (Å²) in [5, 5.41) is 0. The lowest BCUT2D eigenvalue weighted by atomic mass is 9.97. The van der Waals surface area contributed by atoms with Crippen molar-refractivity contribution >= 4 is 0 Å². The molecule has 1 atom stereocenters. The van der Waals surface area contributed by atoms with Gasteiger partial charge in [-0.1, -0.05) is 0 Å². The minimum atomic E-state index is 0.439. The van der Waals surface area contributed by atoms with Crippen molar-refractivity contribution in [1.29, 1.82) is 0 Å². The molecule has 3 nitrogen and oxygen atoms in total. The van der Waals surface area contributed by atoms with Gasteiger partial charge in [0, 0.05) is 5.92 Å². The average molecular weight is 193 g/mol. The van der Waals surface area contributed by atoms with Crippen molar-refractivity contribution in [2.45, 2.75) is 6.42 Å². The Balaban J connectivity index is 2.25. The molecular weight excluding hydrogens is 178 g/mol. The van der Waals surface area contributed by atoms with E-state index in [1.165, 1.54) is 5.56 Å². The summed E-state index contributed by atoms with van der Waals surface area (Å²) in [7, 11) is 1.67. The van der Waals surface area contributed by atoms with Gasteiger partial charge in [0.15, 0.2) is 0 Å². The third kappa shape index (κ3) is 1.68. The van der Waals surface area contributed by atoms with Crippen LogP contribution >= 0.6 is 0 Å². The Bertz CT molecular complexity index is 325. The zero-order chi connectivity index (χ0) is 9.97. The van der Waals surface area contributed by atoms with Gasteiger partial charge in [0.2, 0.25) is 0 Å². The van der Waals surface area contributed by atoms with Crippen LogP contribution in [0.3, 0.4) is 0 Å². The van der Waals surface area contributed by atoms with Crippen LogP contribution in [0, 0.1) is 5.92 Å². The van der Waals surface area contributed by atoms with Crippen molar-refractivity contribution in [3.63, 3.8) is 0 Å². The number of nitrogens with two attached hydrogens (primary N) is 1. The largest absolute Gasteiger partial charge is 0.497 e. The van der Waals surface area contributed by atoms with Crippen molar-refractivity contribution < 1.29 is 9.47 Å². The second kappa shape index (κ2) is 3.88. The average Bonchev–Trinajstić information content (AvgIpc) is 2.27. The van der Waals surface area contributed by atoms with Gasteiger partial charge in [0.1, 0.15) is 11.5 Å². The molecule has 0 saturated carbocycles. The summed E-state index contributed by atoms with van der Waals surface area (Å²) in [6.07, 6.45) is 0.989. The van der Waals surface area contributed by atoms with Crippen LogP contribution in [0.25, 0.3) is 0 Å². The first kappa shape index (κ1) is 9.34. The highest BCUT2D eigenvalue weighted by Gasteiger charge is 2.18. The fourth-order valence-electron chi connectivity index (χ4n) is 1.71. The van der Waals surface area contributed by atoms with Gasteiger partial charge in [-0.2, -0.15) is 0 Å². The topological polar surface area (TPSA) is 44.5 Å². The highest BCUT2D eigenvalue weighted by Crippen LogP contribution is 2.30. The number of benzene rings is 1. The van der Waals surface area contributed by atoms with Crippen LogP contribution < -0.4 is 15.2 Å². The van der Waals surface area contributed by atoms with Gasteiger partial charge in [-0.15, -0.1) is 0 Å². The Labute approximate surface area is 83.8 Å². The molecular formula is C11H15NO2. The van der Waals surface area contributed by atoms with E-state index >= 15 is 0 Å². The Hall–Kier alpha value is -1.22. The van der Waals surface area contributed by atoms with Crippen molar-refractivity contribution in [2.75, 3.05) is 20.3 Å². The molecule has 0 aliphatic carbocycles. The maximum absolute atomic E-state index is 5.62. The second-order valence-corrected chi connectivity index (χ2v) is 3.59. The molecule has 0 fully saturated rings. The molecule has 0 radical (unpaired) electrons. The second-order valence-electron chi connectivity index (χ2n) is 3.59. The van der Waals surface area contributed by atoms with Gasteiger partial charge >= 0.3 is 0 Å². The normalized spacial score (nSPS) is 19.7. The summed E-state index contributed by atoms with van der Waals surface area (Å²) >= 11 is 0. The molecule has 1 aliphatic heterocycles. The molecule has 0 saturated heterocycles. The van der Waals surface area contributed by atoms with Gasteiger partial charge in [-0.3, -0.25) is 0 Å². The summed E-state index contributed by atoms with van der Waals surface area (Å²) in [6.45, 7) is 1.41. The number of hydrogen-bond donors (Lipinski definition) is 1. The molecule has 76 valence electrons. The van der Waals surface area contributed by atoms with Crippen LogP contribution in [-0.4, -0.2) is 20.3 Å². The van der Waals surface area contributed by atoms with Gasteiger partial charge in [0.25, 0.3) is 0 Å². The highest BCUT2D eigenvalue weighted by atomic mass is 16.5. The van der Waals surface area contributed by atoms with Crippen molar-refractivity contribution in [3.8, 4) is 11.5 Å². The first-order valence-electron chi connectivity index (χ1n) is 4.83.